The standard InChI is InChI=1S/C18H20N2O4Se2/c1-3-23-17(21)19-13-5-9-15(10-6-13)25-26-16-11-7-14(8-12-16)20-18(22)24-4-2/h5-12H,3-4H2,1-2H3,(H,19,21)(H,20,22). The van der Waals surface area contributed by atoms with E-state index in [1.807, 2.05) is 48.5 Å². The molecule has 0 aromatic heterocycles. The van der Waals surface area contributed by atoms with Crippen molar-refractivity contribution in [2.45, 2.75) is 13.8 Å². The molecule has 0 heterocycles. The summed E-state index contributed by atoms with van der Waals surface area (Å²) in [5, 5.41) is 5.36. The zero-order valence-electron chi connectivity index (χ0n) is 14.5. The minimum absolute atomic E-state index is 0.339. The van der Waals surface area contributed by atoms with Crippen molar-refractivity contribution in [3.63, 3.8) is 0 Å². The van der Waals surface area contributed by atoms with Gasteiger partial charge in [-0.15, -0.1) is 0 Å². The van der Waals surface area contributed by atoms with Gasteiger partial charge >= 0.3 is 164 Å². The van der Waals surface area contributed by atoms with E-state index in [1.54, 1.807) is 13.8 Å². The summed E-state index contributed by atoms with van der Waals surface area (Å²) in [6.45, 7) is 4.24. The first kappa shape index (κ1) is 20.3. The van der Waals surface area contributed by atoms with E-state index in [4.69, 9.17) is 9.47 Å². The molecule has 0 atom stereocenters. The van der Waals surface area contributed by atoms with Crippen molar-refractivity contribution in [1.29, 1.82) is 0 Å². The van der Waals surface area contributed by atoms with Gasteiger partial charge in [-0.2, -0.15) is 0 Å². The molecule has 6 nitrogen and oxygen atoms in total. The second-order valence-electron chi connectivity index (χ2n) is 4.91. The molecular weight excluding hydrogens is 466 g/mol. The molecule has 138 valence electrons. The first-order chi connectivity index (χ1) is 12.6. The average molecular weight is 486 g/mol. The van der Waals surface area contributed by atoms with E-state index in [9.17, 15) is 9.59 Å². The van der Waals surface area contributed by atoms with Crippen molar-refractivity contribution >= 4 is 58.7 Å². The summed E-state index contributed by atoms with van der Waals surface area (Å²) < 4.78 is 12.2. The van der Waals surface area contributed by atoms with Crippen LogP contribution in [-0.4, -0.2) is 51.7 Å². The van der Waals surface area contributed by atoms with Crippen LogP contribution in [0.1, 0.15) is 13.8 Å². The molecule has 2 aromatic carbocycles. The fraction of sp³-hybridized carbons (Fsp3) is 0.222. The first-order valence-corrected chi connectivity index (χ1v) is 14.1. The Hall–Kier alpha value is -1.98. The maximum atomic E-state index is 11.4. The van der Waals surface area contributed by atoms with Gasteiger partial charge in [0.2, 0.25) is 0 Å². The number of amides is 2. The van der Waals surface area contributed by atoms with Gasteiger partial charge in [-0.1, -0.05) is 0 Å². The number of ether oxygens (including phenoxy) is 2. The molecular formula is C18H20N2O4Se2. The Morgan fingerprint density at radius 2 is 1.08 bits per heavy atom. The van der Waals surface area contributed by atoms with E-state index in [2.05, 4.69) is 10.6 Å². The van der Waals surface area contributed by atoms with E-state index < -0.39 is 12.2 Å². The van der Waals surface area contributed by atoms with Crippen LogP contribution in [-0.2, 0) is 9.47 Å². The van der Waals surface area contributed by atoms with Gasteiger partial charge in [-0.05, 0) is 0 Å². The molecule has 0 unspecified atom stereocenters. The summed E-state index contributed by atoms with van der Waals surface area (Å²) in [5.74, 6) is 0. The number of benzene rings is 2. The van der Waals surface area contributed by atoms with Gasteiger partial charge in [0.05, 0.1) is 0 Å². The first-order valence-electron chi connectivity index (χ1n) is 8.03. The Labute approximate surface area is 163 Å². The number of rotatable bonds is 7. The van der Waals surface area contributed by atoms with Crippen molar-refractivity contribution in [1.82, 2.24) is 0 Å². The molecule has 2 N–H and O–H groups in total. The second-order valence-corrected chi connectivity index (χ2v) is 11.2. The van der Waals surface area contributed by atoms with Crippen LogP contribution < -0.4 is 19.6 Å². The van der Waals surface area contributed by atoms with Crippen LogP contribution in [0.25, 0.3) is 0 Å². The van der Waals surface area contributed by atoms with E-state index in [1.165, 1.54) is 8.92 Å². The molecule has 0 fully saturated rings. The molecule has 8 heteroatoms. The van der Waals surface area contributed by atoms with Gasteiger partial charge < -0.3 is 0 Å². The Morgan fingerprint density at radius 3 is 1.38 bits per heavy atom. The zero-order valence-corrected chi connectivity index (χ0v) is 17.9. The van der Waals surface area contributed by atoms with Gasteiger partial charge in [0.25, 0.3) is 0 Å². The van der Waals surface area contributed by atoms with E-state index in [0.29, 0.717) is 39.5 Å². The van der Waals surface area contributed by atoms with Crippen molar-refractivity contribution in [2.75, 3.05) is 23.8 Å². The average Bonchev–Trinajstić information content (AvgIpc) is 2.63. The number of carbonyl (C=O) groups excluding carboxylic acids is 2. The van der Waals surface area contributed by atoms with Crippen molar-refractivity contribution in [2.24, 2.45) is 0 Å². The third kappa shape index (κ3) is 7.10. The molecule has 0 radical (unpaired) electrons. The quantitative estimate of drug-likeness (QED) is 0.588. The van der Waals surface area contributed by atoms with Gasteiger partial charge in [-0.3, -0.25) is 0 Å². The summed E-state index contributed by atoms with van der Waals surface area (Å²) in [4.78, 5) is 22.8. The molecule has 2 amide bonds. The summed E-state index contributed by atoms with van der Waals surface area (Å²) in [5.41, 5.74) is 1.45. The number of hydrogen-bond donors (Lipinski definition) is 2. The van der Waals surface area contributed by atoms with Crippen LogP contribution >= 0.6 is 0 Å². The number of nitrogens with one attached hydrogen (secondary N) is 2. The molecule has 0 saturated carbocycles. The van der Waals surface area contributed by atoms with Crippen LogP contribution in [0, 0.1) is 0 Å². The number of hydrogen-bond acceptors (Lipinski definition) is 4. The van der Waals surface area contributed by atoms with E-state index >= 15 is 0 Å². The van der Waals surface area contributed by atoms with E-state index in [-0.39, 0.29) is 0 Å². The minimum atomic E-state index is -0.438. The summed E-state index contributed by atoms with van der Waals surface area (Å²) in [6.07, 6.45) is -0.877. The fourth-order valence-corrected chi connectivity index (χ4v) is 7.82. The number of anilines is 2. The van der Waals surface area contributed by atoms with E-state index in [0.717, 1.165) is 11.4 Å². The summed E-state index contributed by atoms with van der Waals surface area (Å²) >= 11 is 0.678. The Balaban J connectivity index is 1.82. The van der Waals surface area contributed by atoms with Crippen LogP contribution in [0.3, 0.4) is 0 Å². The molecule has 2 rings (SSSR count). The second kappa shape index (κ2) is 10.9. The fourth-order valence-electron chi connectivity index (χ4n) is 1.85. The van der Waals surface area contributed by atoms with Crippen LogP contribution in [0.4, 0.5) is 21.0 Å². The SMILES string of the molecule is CCOC(=O)Nc1ccc([Se][Se]c2ccc(NC(=O)OCC)cc2)cc1. The van der Waals surface area contributed by atoms with Crippen molar-refractivity contribution in [3.8, 4) is 0 Å². The Kier molecular flexibility index (Phi) is 8.51. The van der Waals surface area contributed by atoms with Crippen molar-refractivity contribution < 1.29 is 19.1 Å². The Morgan fingerprint density at radius 1 is 0.731 bits per heavy atom. The van der Waals surface area contributed by atoms with Crippen molar-refractivity contribution in [3.05, 3.63) is 48.5 Å². The summed E-state index contributed by atoms with van der Waals surface area (Å²) in [6, 6.07) is 15.7. The predicted octanol–water partition coefficient (Wildman–Crippen LogP) is 2.10. The van der Waals surface area contributed by atoms with Gasteiger partial charge in [0.1, 0.15) is 0 Å². The zero-order chi connectivity index (χ0) is 18.8. The molecule has 0 aliphatic carbocycles. The molecule has 0 saturated heterocycles. The normalized spacial score (nSPS) is 10.1. The van der Waals surface area contributed by atoms with Crippen LogP contribution in [0.5, 0.6) is 0 Å². The van der Waals surface area contributed by atoms with Crippen LogP contribution in [0.15, 0.2) is 48.5 Å². The molecule has 26 heavy (non-hydrogen) atoms. The Bertz CT molecular complexity index is 657. The maximum absolute atomic E-state index is 11.4. The topological polar surface area (TPSA) is 76.7 Å². The molecule has 0 aliphatic heterocycles. The monoisotopic (exact) mass is 488 g/mol. The van der Waals surface area contributed by atoms with Crippen LogP contribution in [0.2, 0.25) is 0 Å². The van der Waals surface area contributed by atoms with Gasteiger partial charge in [0.15, 0.2) is 0 Å². The van der Waals surface area contributed by atoms with Gasteiger partial charge in [0, 0.05) is 0 Å². The molecule has 2 aromatic rings. The predicted molar refractivity (Wildman–Crippen MR) is 105 cm³/mol. The molecule has 0 bridgehead atoms. The molecule has 0 spiro atoms. The van der Waals surface area contributed by atoms with Gasteiger partial charge in [-0.25, -0.2) is 0 Å². The molecule has 0 aliphatic rings. The third-order valence-electron chi connectivity index (χ3n) is 2.99. The summed E-state index contributed by atoms with van der Waals surface area (Å²) in [7, 11) is 0. The third-order valence-corrected chi connectivity index (χ3v) is 10.2. The number of carbonyl (C=O) groups is 2.